The highest BCUT2D eigenvalue weighted by molar-refractivity contribution is 6.32. The highest BCUT2D eigenvalue weighted by Gasteiger charge is 2.13. The van der Waals surface area contributed by atoms with E-state index in [0.717, 1.165) is 5.56 Å². The summed E-state index contributed by atoms with van der Waals surface area (Å²) in [4.78, 5) is 0. The second-order valence-corrected chi connectivity index (χ2v) is 3.93. The summed E-state index contributed by atoms with van der Waals surface area (Å²) in [7, 11) is 1.45. The monoisotopic (exact) mass is 245 g/mol. The van der Waals surface area contributed by atoms with E-state index >= 15 is 0 Å². The molecule has 5 heteroatoms. The number of aromatic hydroxyl groups is 1. The van der Waals surface area contributed by atoms with Crippen molar-refractivity contribution >= 4 is 11.6 Å². The zero-order chi connectivity index (χ0) is 12.1. The largest absolute Gasteiger partial charge is 0.503 e. The van der Waals surface area contributed by atoms with E-state index < -0.39 is 0 Å². The third-order valence-corrected chi connectivity index (χ3v) is 2.66. The first kappa shape index (κ1) is 13.1. The van der Waals surface area contributed by atoms with Crippen LogP contribution in [0.5, 0.6) is 11.5 Å². The van der Waals surface area contributed by atoms with Gasteiger partial charge in [0, 0.05) is 12.6 Å². The van der Waals surface area contributed by atoms with E-state index in [1.807, 2.05) is 0 Å². The predicted octanol–water partition coefficient (Wildman–Crippen LogP) is 1.83. The zero-order valence-corrected chi connectivity index (χ0v) is 9.87. The summed E-state index contributed by atoms with van der Waals surface area (Å²) in [5, 5.41) is 18.5. The van der Waals surface area contributed by atoms with Gasteiger partial charge in [0.2, 0.25) is 0 Å². The molecule has 0 bridgehead atoms. The number of aliphatic hydroxyl groups is 1. The molecule has 1 rings (SSSR count). The number of nitrogens with two attached hydrogens (primary N) is 1. The van der Waals surface area contributed by atoms with Crippen LogP contribution in [-0.4, -0.2) is 23.9 Å². The number of rotatable bonds is 5. The normalized spacial score (nSPS) is 12.5. The van der Waals surface area contributed by atoms with Crippen LogP contribution in [0.4, 0.5) is 0 Å². The summed E-state index contributed by atoms with van der Waals surface area (Å²) in [5.41, 5.74) is 6.70. The van der Waals surface area contributed by atoms with E-state index in [9.17, 15) is 5.11 Å². The lowest BCUT2D eigenvalue weighted by molar-refractivity contribution is 0.280. The van der Waals surface area contributed by atoms with Gasteiger partial charge in [-0.1, -0.05) is 11.6 Å². The van der Waals surface area contributed by atoms with Gasteiger partial charge < -0.3 is 20.7 Å². The lowest BCUT2D eigenvalue weighted by atomic mass is 10.0. The van der Waals surface area contributed by atoms with E-state index in [-0.39, 0.29) is 23.4 Å². The summed E-state index contributed by atoms with van der Waals surface area (Å²) >= 11 is 5.84. The number of methoxy groups -OCH3 is 1. The lowest BCUT2D eigenvalue weighted by Crippen LogP contribution is -2.11. The van der Waals surface area contributed by atoms with Crippen LogP contribution in [0.25, 0.3) is 0 Å². The fraction of sp³-hybridized carbons (Fsp3) is 0.455. The maximum Gasteiger partial charge on any atom is 0.176 e. The van der Waals surface area contributed by atoms with E-state index in [4.69, 9.17) is 27.2 Å². The average molecular weight is 246 g/mol. The third kappa shape index (κ3) is 3.01. The summed E-state index contributed by atoms with van der Waals surface area (Å²) < 4.78 is 4.98. The summed E-state index contributed by atoms with van der Waals surface area (Å²) in [6.07, 6.45) is 1.28. The van der Waals surface area contributed by atoms with Crippen LogP contribution < -0.4 is 10.5 Å². The molecule has 1 atom stereocenters. The van der Waals surface area contributed by atoms with Crippen molar-refractivity contribution in [2.24, 2.45) is 5.73 Å². The maximum atomic E-state index is 9.54. The van der Waals surface area contributed by atoms with E-state index in [1.165, 1.54) is 7.11 Å². The molecule has 0 aliphatic carbocycles. The minimum atomic E-state index is -0.223. The molecule has 0 heterocycles. The number of halogens is 1. The third-order valence-electron chi connectivity index (χ3n) is 2.37. The van der Waals surface area contributed by atoms with Crippen LogP contribution in [0, 0.1) is 0 Å². The molecule has 0 radical (unpaired) electrons. The highest BCUT2D eigenvalue weighted by atomic mass is 35.5. The lowest BCUT2D eigenvalue weighted by Gasteiger charge is -2.14. The number of ether oxygens (including phenoxy) is 1. The van der Waals surface area contributed by atoms with Gasteiger partial charge in [-0.05, 0) is 30.5 Å². The maximum absolute atomic E-state index is 9.54. The van der Waals surface area contributed by atoms with Gasteiger partial charge in [0.25, 0.3) is 0 Å². The highest BCUT2D eigenvalue weighted by Crippen LogP contribution is 2.36. The number of aliphatic hydroxyl groups excluding tert-OH is 1. The molecule has 0 amide bonds. The Morgan fingerprint density at radius 1 is 1.50 bits per heavy atom. The van der Waals surface area contributed by atoms with Crippen molar-refractivity contribution in [3.8, 4) is 11.5 Å². The Labute approximate surface area is 99.6 Å². The van der Waals surface area contributed by atoms with Crippen molar-refractivity contribution in [1.82, 2.24) is 0 Å². The molecule has 0 unspecified atom stereocenters. The summed E-state index contributed by atoms with van der Waals surface area (Å²) in [5.74, 6) is 0.226. The Kier molecular flexibility index (Phi) is 4.86. The number of benzene rings is 1. The van der Waals surface area contributed by atoms with E-state index in [0.29, 0.717) is 18.6 Å². The molecule has 90 valence electrons. The molecule has 0 aliphatic rings. The number of hydrogen-bond acceptors (Lipinski definition) is 4. The first-order chi connectivity index (χ1) is 7.60. The molecule has 0 saturated heterocycles. The number of hydrogen-bond donors (Lipinski definition) is 3. The molecule has 0 spiro atoms. The number of phenols is 1. The van der Waals surface area contributed by atoms with Crippen molar-refractivity contribution in [1.29, 1.82) is 0 Å². The molecule has 0 aliphatic heterocycles. The van der Waals surface area contributed by atoms with Gasteiger partial charge in [0.1, 0.15) is 0 Å². The van der Waals surface area contributed by atoms with Crippen LogP contribution in [0.2, 0.25) is 5.02 Å². The Balaban J connectivity index is 2.92. The summed E-state index contributed by atoms with van der Waals surface area (Å²) in [6, 6.07) is 3.05. The molecule has 4 nitrogen and oxygen atoms in total. The first-order valence-electron chi connectivity index (χ1n) is 5.03. The van der Waals surface area contributed by atoms with Crippen molar-refractivity contribution in [2.45, 2.75) is 18.9 Å². The van der Waals surface area contributed by atoms with Crippen LogP contribution in [-0.2, 0) is 0 Å². The van der Waals surface area contributed by atoms with E-state index in [1.54, 1.807) is 12.1 Å². The van der Waals surface area contributed by atoms with Gasteiger partial charge in [-0.3, -0.25) is 0 Å². The Morgan fingerprint density at radius 3 is 2.75 bits per heavy atom. The number of phenolic OH excluding ortho intramolecular Hbond substituents is 1. The van der Waals surface area contributed by atoms with Gasteiger partial charge in [0.05, 0.1) is 12.1 Å². The first-order valence-corrected chi connectivity index (χ1v) is 5.40. The molecule has 0 saturated carbocycles. The molecule has 0 fully saturated rings. The predicted molar refractivity (Wildman–Crippen MR) is 62.9 cm³/mol. The van der Waals surface area contributed by atoms with E-state index in [2.05, 4.69) is 0 Å². The fourth-order valence-electron chi connectivity index (χ4n) is 1.44. The zero-order valence-electron chi connectivity index (χ0n) is 9.11. The van der Waals surface area contributed by atoms with Crippen molar-refractivity contribution in [2.75, 3.05) is 13.7 Å². The molecule has 0 aromatic heterocycles. The Bertz CT molecular complexity index is 357. The van der Waals surface area contributed by atoms with Crippen molar-refractivity contribution < 1.29 is 14.9 Å². The molecular formula is C11H16ClNO3. The smallest absolute Gasteiger partial charge is 0.176 e. The quantitative estimate of drug-likeness (QED) is 0.740. The van der Waals surface area contributed by atoms with Gasteiger partial charge in [-0.2, -0.15) is 0 Å². The Morgan fingerprint density at radius 2 is 2.19 bits per heavy atom. The van der Waals surface area contributed by atoms with Crippen LogP contribution in [0.3, 0.4) is 0 Å². The molecule has 16 heavy (non-hydrogen) atoms. The Hall–Kier alpha value is -0.970. The standard InChI is InChI=1S/C11H16ClNO3/c1-16-10-6-7(5-8(12)11(10)15)9(13)3-2-4-14/h5-6,9,14-15H,2-4,13H2,1H3/t9-/m1/s1. The van der Waals surface area contributed by atoms with Gasteiger partial charge >= 0.3 is 0 Å². The molecular weight excluding hydrogens is 230 g/mol. The second-order valence-electron chi connectivity index (χ2n) is 3.53. The van der Waals surface area contributed by atoms with Gasteiger partial charge in [-0.15, -0.1) is 0 Å². The summed E-state index contributed by atoms with van der Waals surface area (Å²) in [6.45, 7) is 0.108. The second kappa shape index (κ2) is 5.94. The molecule has 1 aromatic rings. The van der Waals surface area contributed by atoms with Crippen molar-refractivity contribution in [3.05, 3.63) is 22.7 Å². The van der Waals surface area contributed by atoms with Gasteiger partial charge in [0.15, 0.2) is 11.5 Å². The SMILES string of the molecule is COc1cc([C@H](N)CCCO)cc(Cl)c1O. The van der Waals surface area contributed by atoms with Gasteiger partial charge in [-0.25, -0.2) is 0 Å². The van der Waals surface area contributed by atoms with Crippen LogP contribution in [0.15, 0.2) is 12.1 Å². The average Bonchev–Trinajstić information content (AvgIpc) is 2.29. The van der Waals surface area contributed by atoms with Crippen molar-refractivity contribution in [3.63, 3.8) is 0 Å². The van der Waals surface area contributed by atoms with Crippen LogP contribution >= 0.6 is 11.6 Å². The minimum Gasteiger partial charge on any atom is -0.503 e. The molecule has 1 aromatic carbocycles. The van der Waals surface area contributed by atoms with Crippen LogP contribution in [0.1, 0.15) is 24.4 Å². The fourth-order valence-corrected chi connectivity index (χ4v) is 1.66. The molecule has 4 N–H and O–H groups in total. The minimum absolute atomic E-state index is 0.0812. The topological polar surface area (TPSA) is 75.7 Å².